The van der Waals surface area contributed by atoms with E-state index in [2.05, 4.69) is 5.32 Å². The van der Waals surface area contributed by atoms with Gasteiger partial charge in [-0.3, -0.25) is 9.59 Å². The normalized spacial score (nSPS) is 11.9. The molecular formula is C17H13F3INO4. The molecule has 2 aromatic carbocycles. The first-order chi connectivity index (χ1) is 12.2. The molecular weight excluding hydrogens is 466 g/mol. The Labute approximate surface area is 160 Å². The van der Waals surface area contributed by atoms with Gasteiger partial charge in [0.1, 0.15) is 5.82 Å². The van der Waals surface area contributed by atoms with E-state index in [1.54, 1.807) is 0 Å². The third-order valence-electron chi connectivity index (χ3n) is 3.59. The van der Waals surface area contributed by atoms with Crippen molar-refractivity contribution in [3.63, 3.8) is 0 Å². The van der Waals surface area contributed by atoms with Crippen LogP contribution in [0, 0.1) is 26.9 Å². The Morgan fingerprint density at radius 2 is 1.81 bits per heavy atom. The van der Waals surface area contributed by atoms with Crippen molar-refractivity contribution in [2.45, 2.75) is 6.42 Å². The van der Waals surface area contributed by atoms with Crippen LogP contribution in [0.4, 0.5) is 24.5 Å². The van der Waals surface area contributed by atoms with E-state index in [0.29, 0.717) is 9.64 Å². The monoisotopic (exact) mass is 479 g/mol. The number of aliphatic carboxylic acids is 1. The molecule has 138 valence electrons. The highest BCUT2D eigenvalue weighted by Crippen LogP contribution is 2.30. The smallest absolute Gasteiger partial charge is 0.309 e. The standard InChI is InChI=1S/C17H13F3INO4/c18-11-3-2-10(14(24)5-8(7-23)17(25)26)16(15(11)20)22-13-4-1-9(21)6-12(13)19/h1-4,6,8,22-23H,5,7H2,(H,25,26)/t8-/m0/s1. The molecule has 0 saturated heterocycles. The Morgan fingerprint density at radius 3 is 2.38 bits per heavy atom. The zero-order valence-electron chi connectivity index (χ0n) is 13.1. The number of carbonyl (C=O) groups excluding carboxylic acids is 1. The highest BCUT2D eigenvalue weighted by atomic mass is 127. The van der Waals surface area contributed by atoms with Crippen molar-refractivity contribution in [2.75, 3.05) is 11.9 Å². The van der Waals surface area contributed by atoms with Crippen LogP contribution in [-0.2, 0) is 4.79 Å². The summed E-state index contributed by atoms with van der Waals surface area (Å²) in [5, 5.41) is 20.3. The van der Waals surface area contributed by atoms with Crippen LogP contribution < -0.4 is 5.32 Å². The van der Waals surface area contributed by atoms with Crippen LogP contribution in [0.2, 0.25) is 0 Å². The number of benzene rings is 2. The Balaban J connectivity index is 2.43. The van der Waals surface area contributed by atoms with Crippen LogP contribution in [0.5, 0.6) is 0 Å². The lowest BCUT2D eigenvalue weighted by Gasteiger charge is -2.15. The van der Waals surface area contributed by atoms with Gasteiger partial charge in [-0.25, -0.2) is 13.2 Å². The van der Waals surface area contributed by atoms with Gasteiger partial charge in [-0.15, -0.1) is 0 Å². The lowest BCUT2D eigenvalue weighted by molar-refractivity contribution is -0.142. The van der Waals surface area contributed by atoms with Gasteiger partial charge in [-0.1, -0.05) is 0 Å². The minimum Gasteiger partial charge on any atom is -0.481 e. The average Bonchev–Trinajstić information content (AvgIpc) is 2.58. The number of aliphatic hydroxyl groups is 1. The van der Waals surface area contributed by atoms with Gasteiger partial charge in [0.25, 0.3) is 0 Å². The predicted molar refractivity (Wildman–Crippen MR) is 95.9 cm³/mol. The van der Waals surface area contributed by atoms with Crippen molar-refractivity contribution in [2.24, 2.45) is 5.92 Å². The van der Waals surface area contributed by atoms with Crippen molar-refractivity contribution < 1.29 is 33.0 Å². The summed E-state index contributed by atoms with van der Waals surface area (Å²) in [7, 11) is 0. The summed E-state index contributed by atoms with van der Waals surface area (Å²) >= 11 is 1.87. The molecule has 9 heteroatoms. The first-order valence-electron chi connectivity index (χ1n) is 7.31. The van der Waals surface area contributed by atoms with E-state index >= 15 is 0 Å². The number of Topliss-reactive ketones (excluding diaryl/α,β-unsaturated/α-hetero) is 1. The summed E-state index contributed by atoms with van der Waals surface area (Å²) in [5.41, 5.74) is -1.13. The molecule has 0 aliphatic rings. The van der Waals surface area contributed by atoms with Crippen LogP contribution in [0.1, 0.15) is 16.8 Å². The Bertz CT molecular complexity index is 860. The Kier molecular flexibility index (Phi) is 6.59. The van der Waals surface area contributed by atoms with Gasteiger partial charge in [0.05, 0.1) is 23.9 Å². The number of carbonyl (C=O) groups is 2. The Hall–Kier alpha value is -2.14. The van der Waals surface area contributed by atoms with Gasteiger partial charge in [0.2, 0.25) is 0 Å². The van der Waals surface area contributed by atoms with Gasteiger partial charge in [-0.05, 0) is 52.9 Å². The van der Waals surface area contributed by atoms with Crippen molar-refractivity contribution >= 4 is 45.7 Å². The third kappa shape index (κ3) is 4.52. The maximum atomic E-state index is 14.2. The minimum absolute atomic E-state index is 0.180. The lowest BCUT2D eigenvalue weighted by atomic mass is 9.97. The molecule has 0 aromatic heterocycles. The fourth-order valence-corrected chi connectivity index (χ4v) is 2.65. The van der Waals surface area contributed by atoms with Crippen LogP contribution in [0.3, 0.4) is 0 Å². The van der Waals surface area contributed by atoms with E-state index < -0.39 is 53.8 Å². The topological polar surface area (TPSA) is 86.6 Å². The predicted octanol–water partition coefficient (Wildman–Crippen LogP) is 3.72. The maximum Gasteiger partial charge on any atom is 0.309 e. The molecule has 0 aliphatic carbocycles. The largest absolute Gasteiger partial charge is 0.481 e. The molecule has 5 nitrogen and oxygen atoms in total. The second-order valence-corrected chi connectivity index (χ2v) is 6.62. The number of aliphatic hydroxyl groups excluding tert-OH is 1. The number of nitrogens with one attached hydrogen (secondary N) is 1. The number of rotatable bonds is 7. The van der Waals surface area contributed by atoms with Crippen LogP contribution in [0.25, 0.3) is 0 Å². The molecule has 2 rings (SSSR count). The fourth-order valence-electron chi connectivity index (χ4n) is 2.19. The first kappa shape index (κ1) is 20.2. The first-order valence-corrected chi connectivity index (χ1v) is 8.39. The van der Waals surface area contributed by atoms with Gasteiger partial charge >= 0.3 is 5.97 Å². The number of ketones is 1. The van der Waals surface area contributed by atoms with Gasteiger partial charge in [0.15, 0.2) is 17.4 Å². The van der Waals surface area contributed by atoms with E-state index in [1.165, 1.54) is 12.1 Å². The number of carboxylic acid groups (broad SMARTS) is 1. The molecule has 0 amide bonds. The van der Waals surface area contributed by atoms with E-state index in [0.717, 1.165) is 12.1 Å². The van der Waals surface area contributed by atoms with Crippen molar-refractivity contribution in [1.82, 2.24) is 0 Å². The number of carboxylic acids is 1. The van der Waals surface area contributed by atoms with E-state index in [4.69, 9.17) is 10.2 Å². The zero-order valence-corrected chi connectivity index (χ0v) is 15.3. The molecule has 0 heterocycles. The Morgan fingerprint density at radius 1 is 1.12 bits per heavy atom. The molecule has 0 radical (unpaired) electrons. The molecule has 0 bridgehead atoms. The number of halogens is 4. The van der Waals surface area contributed by atoms with Gasteiger partial charge < -0.3 is 15.5 Å². The van der Waals surface area contributed by atoms with Crippen LogP contribution in [-0.4, -0.2) is 28.6 Å². The molecule has 26 heavy (non-hydrogen) atoms. The molecule has 2 aromatic rings. The fraction of sp³-hybridized carbons (Fsp3) is 0.176. The lowest BCUT2D eigenvalue weighted by Crippen LogP contribution is -2.22. The van der Waals surface area contributed by atoms with Crippen LogP contribution in [0.15, 0.2) is 30.3 Å². The summed E-state index contributed by atoms with van der Waals surface area (Å²) in [5.74, 6) is -7.02. The number of hydrogen-bond donors (Lipinski definition) is 3. The van der Waals surface area contributed by atoms with Crippen molar-refractivity contribution in [3.8, 4) is 0 Å². The van der Waals surface area contributed by atoms with Crippen LogP contribution >= 0.6 is 22.6 Å². The SMILES string of the molecule is O=C(C[C@@H](CO)C(=O)O)c1ccc(F)c(F)c1Nc1ccc(I)cc1F. The summed E-state index contributed by atoms with van der Waals surface area (Å²) < 4.78 is 42.4. The molecule has 0 fully saturated rings. The van der Waals surface area contributed by atoms with E-state index in [-0.39, 0.29) is 11.3 Å². The van der Waals surface area contributed by atoms with Crippen molar-refractivity contribution in [3.05, 3.63) is 56.9 Å². The second-order valence-electron chi connectivity index (χ2n) is 5.38. The number of anilines is 2. The summed E-state index contributed by atoms with van der Waals surface area (Å²) in [4.78, 5) is 23.3. The molecule has 1 atom stereocenters. The molecule has 0 spiro atoms. The maximum absolute atomic E-state index is 14.2. The van der Waals surface area contributed by atoms with Gasteiger partial charge in [-0.2, -0.15) is 0 Å². The summed E-state index contributed by atoms with van der Waals surface area (Å²) in [6, 6.07) is 5.67. The third-order valence-corrected chi connectivity index (χ3v) is 4.26. The summed E-state index contributed by atoms with van der Waals surface area (Å²) in [6.45, 7) is -0.792. The molecule has 0 unspecified atom stereocenters. The van der Waals surface area contributed by atoms with E-state index in [1.807, 2.05) is 22.6 Å². The van der Waals surface area contributed by atoms with E-state index in [9.17, 15) is 22.8 Å². The molecule has 3 N–H and O–H groups in total. The average molecular weight is 479 g/mol. The number of hydrogen-bond acceptors (Lipinski definition) is 4. The summed E-state index contributed by atoms with van der Waals surface area (Å²) in [6.07, 6.45) is -0.624. The molecule has 0 saturated carbocycles. The highest BCUT2D eigenvalue weighted by Gasteiger charge is 2.25. The van der Waals surface area contributed by atoms with Crippen molar-refractivity contribution in [1.29, 1.82) is 0 Å². The highest BCUT2D eigenvalue weighted by molar-refractivity contribution is 14.1. The molecule has 0 aliphatic heterocycles. The second kappa shape index (κ2) is 8.49. The quantitative estimate of drug-likeness (QED) is 0.417. The zero-order chi connectivity index (χ0) is 19.4. The minimum atomic E-state index is -1.40. The van der Waals surface area contributed by atoms with Gasteiger partial charge in [0, 0.05) is 15.6 Å².